The number of hydrogen-bond donors (Lipinski definition) is 0. The molecule has 0 aliphatic rings. The molecule has 108 valence electrons. The molecule has 6 heteroatoms. The van der Waals surface area contributed by atoms with Crippen molar-refractivity contribution in [1.82, 2.24) is 10.1 Å². The highest BCUT2D eigenvalue weighted by Gasteiger charge is 2.18. The van der Waals surface area contributed by atoms with Gasteiger partial charge in [0.15, 0.2) is 11.5 Å². The smallest absolute Gasteiger partial charge is 0.324 e. The van der Waals surface area contributed by atoms with Crippen LogP contribution < -0.4 is 14.4 Å². The van der Waals surface area contributed by atoms with Crippen LogP contribution in [0.3, 0.4) is 0 Å². The van der Waals surface area contributed by atoms with Crippen molar-refractivity contribution < 1.29 is 14.0 Å². The zero-order valence-electron chi connectivity index (χ0n) is 12.2. The van der Waals surface area contributed by atoms with E-state index in [9.17, 15) is 0 Å². The van der Waals surface area contributed by atoms with Crippen LogP contribution in [0.5, 0.6) is 11.5 Å². The molecule has 0 spiro atoms. The SMILES string of the molecule is CCN(CC)c1nc(-c2cccc(OC)c2OC)no1. The zero-order chi connectivity index (χ0) is 14.5. The van der Waals surface area contributed by atoms with Gasteiger partial charge in [0.1, 0.15) is 0 Å². The van der Waals surface area contributed by atoms with Crippen molar-refractivity contribution in [2.24, 2.45) is 0 Å². The quantitative estimate of drug-likeness (QED) is 0.809. The number of methoxy groups -OCH3 is 2. The summed E-state index contributed by atoms with van der Waals surface area (Å²) >= 11 is 0. The molecule has 1 heterocycles. The number of benzene rings is 1. The van der Waals surface area contributed by atoms with Crippen LogP contribution in [-0.2, 0) is 0 Å². The van der Waals surface area contributed by atoms with Crippen molar-refractivity contribution in [1.29, 1.82) is 0 Å². The Kier molecular flexibility index (Phi) is 4.45. The van der Waals surface area contributed by atoms with Crippen molar-refractivity contribution in [2.75, 3.05) is 32.2 Å². The Bertz CT molecular complexity index is 565. The van der Waals surface area contributed by atoms with Gasteiger partial charge in [0.05, 0.1) is 19.8 Å². The highest BCUT2D eigenvalue weighted by Crippen LogP contribution is 2.36. The molecule has 1 aromatic heterocycles. The third kappa shape index (κ3) is 2.54. The van der Waals surface area contributed by atoms with Crippen LogP contribution in [0.2, 0.25) is 0 Å². The molecule has 0 saturated carbocycles. The Morgan fingerprint density at radius 1 is 1.15 bits per heavy atom. The highest BCUT2D eigenvalue weighted by molar-refractivity contribution is 5.69. The lowest BCUT2D eigenvalue weighted by Crippen LogP contribution is -2.21. The highest BCUT2D eigenvalue weighted by atomic mass is 16.5. The third-order valence-corrected chi connectivity index (χ3v) is 3.09. The summed E-state index contributed by atoms with van der Waals surface area (Å²) in [6.07, 6.45) is 0. The van der Waals surface area contributed by atoms with Gasteiger partial charge in [-0.25, -0.2) is 0 Å². The fourth-order valence-electron chi connectivity index (χ4n) is 2.01. The third-order valence-electron chi connectivity index (χ3n) is 3.09. The van der Waals surface area contributed by atoms with Crippen LogP contribution >= 0.6 is 0 Å². The maximum Gasteiger partial charge on any atom is 0.324 e. The van der Waals surface area contributed by atoms with Crippen molar-refractivity contribution >= 4 is 6.01 Å². The first-order valence-electron chi connectivity index (χ1n) is 6.55. The molecule has 0 aliphatic carbocycles. The largest absolute Gasteiger partial charge is 0.493 e. The first-order valence-corrected chi connectivity index (χ1v) is 6.55. The minimum Gasteiger partial charge on any atom is -0.493 e. The van der Waals surface area contributed by atoms with E-state index in [2.05, 4.69) is 10.1 Å². The van der Waals surface area contributed by atoms with Crippen molar-refractivity contribution in [3.8, 4) is 22.9 Å². The number of rotatable bonds is 6. The second-order valence-electron chi connectivity index (χ2n) is 4.11. The minimum atomic E-state index is 0.489. The van der Waals surface area contributed by atoms with Crippen molar-refractivity contribution in [3.63, 3.8) is 0 Å². The normalized spacial score (nSPS) is 10.4. The predicted molar refractivity (Wildman–Crippen MR) is 76.4 cm³/mol. The summed E-state index contributed by atoms with van der Waals surface area (Å²) in [5.41, 5.74) is 0.744. The first kappa shape index (κ1) is 14.2. The molecule has 2 rings (SSSR count). The topological polar surface area (TPSA) is 60.6 Å². The van der Waals surface area contributed by atoms with E-state index < -0.39 is 0 Å². The molecule has 1 aromatic carbocycles. The van der Waals surface area contributed by atoms with Gasteiger partial charge in [-0.3, -0.25) is 0 Å². The van der Waals surface area contributed by atoms with Crippen molar-refractivity contribution in [2.45, 2.75) is 13.8 Å². The Morgan fingerprint density at radius 2 is 1.90 bits per heavy atom. The van der Waals surface area contributed by atoms with Crippen LogP contribution in [0.15, 0.2) is 22.7 Å². The predicted octanol–water partition coefficient (Wildman–Crippen LogP) is 2.60. The lowest BCUT2D eigenvalue weighted by Gasteiger charge is -2.13. The van der Waals surface area contributed by atoms with Gasteiger partial charge in [-0.05, 0) is 26.0 Å². The molecule has 0 fully saturated rings. The minimum absolute atomic E-state index is 0.489. The summed E-state index contributed by atoms with van der Waals surface area (Å²) in [7, 11) is 3.19. The summed E-state index contributed by atoms with van der Waals surface area (Å²) in [4.78, 5) is 6.41. The maximum absolute atomic E-state index is 5.38. The molecule has 0 aliphatic heterocycles. The Morgan fingerprint density at radius 3 is 2.50 bits per heavy atom. The van der Waals surface area contributed by atoms with E-state index in [0.29, 0.717) is 23.3 Å². The van der Waals surface area contributed by atoms with Crippen LogP contribution in [0.1, 0.15) is 13.8 Å². The number of ether oxygens (including phenoxy) is 2. The van der Waals surface area contributed by atoms with E-state index >= 15 is 0 Å². The van der Waals surface area contributed by atoms with Gasteiger partial charge in [-0.1, -0.05) is 11.2 Å². The van der Waals surface area contributed by atoms with E-state index in [1.54, 1.807) is 14.2 Å². The summed E-state index contributed by atoms with van der Waals surface area (Å²) in [6, 6.07) is 6.07. The summed E-state index contributed by atoms with van der Waals surface area (Å²) in [5.74, 6) is 1.73. The van der Waals surface area contributed by atoms with Gasteiger partial charge in [-0.2, -0.15) is 4.98 Å². The van der Waals surface area contributed by atoms with Gasteiger partial charge < -0.3 is 18.9 Å². The Balaban J connectivity index is 2.42. The summed E-state index contributed by atoms with van der Waals surface area (Å²) < 4.78 is 16.0. The average molecular weight is 277 g/mol. The van der Waals surface area contributed by atoms with Crippen LogP contribution in [0, 0.1) is 0 Å². The maximum atomic E-state index is 5.38. The summed E-state index contributed by atoms with van der Waals surface area (Å²) in [6.45, 7) is 5.71. The first-order chi connectivity index (χ1) is 9.74. The number of para-hydroxylation sites is 1. The average Bonchev–Trinajstić information content (AvgIpc) is 2.97. The van der Waals surface area contributed by atoms with Gasteiger partial charge in [-0.15, -0.1) is 0 Å². The molecule has 20 heavy (non-hydrogen) atoms. The van der Waals surface area contributed by atoms with E-state index in [0.717, 1.165) is 18.7 Å². The molecule has 0 atom stereocenters. The standard InChI is InChI=1S/C14H19N3O3/c1-5-17(6-2)14-15-13(16-20-14)10-8-7-9-11(18-3)12(10)19-4/h7-9H,5-6H2,1-4H3. The number of hydrogen-bond acceptors (Lipinski definition) is 6. The fourth-order valence-corrected chi connectivity index (χ4v) is 2.01. The van der Waals surface area contributed by atoms with Crippen LogP contribution in [-0.4, -0.2) is 37.4 Å². The van der Waals surface area contributed by atoms with Crippen LogP contribution in [0.4, 0.5) is 6.01 Å². The van der Waals surface area contributed by atoms with E-state index in [4.69, 9.17) is 14.0 Å². The molecule has 6 nitrogen and oxygen atoms in total. The number of anilines is 1. The monoisotopic (exact) mass is 277 g/mol. The number of nitrogens with zero attached hydrogens (tertiary/aromatic N) is 3. The van der Waals surface area contributed by atoms with Gasteiger partial charge in [0.25, 0.3) is 0 Å². The Hall–Kier alpha value is -2.24. The van der Waals surface area contributed by atoms with Gasteiger partial charge >= 0.3 is 6.01 Å². The van der Waals surface area contributed by atoms with Crippen molar-refractivity contribution in [3.05, 3.63) is 18.2 Å². The molecule has 0 radical (unpaired) electrons. The number of aromatic nitrogens is 2. The van der Waals surface area contributed by atoms with Gasteiger partial charge in [0.2, 0.25) is 5.82 Å². The van der Waals surface area contributed by atoms with Gasteiger partial charge in [0, 0.05) is 13.1 Å². The lowest BCUT2D eigenvalue weighted by molar-refractivity contribution is 0.355. The molecular formula is C14H19N3O3. The zero-order valence-corrected chi connectivity index (χ0v) is 12.2. The van der Waals surface area contributed by atoms with E-state index in [-0.39, 0.29) is 0 Å². The molecule has 2 aromatic rings. The second-order valence-corrected chi connectivity index (χ2v) is 4.11. The van der Waals surface area contributed by atoms with E-state index in [1.807, 2.05) is 36.9 Å². The van der Waals surface area contributed by atoms with E-state index in [1.165, 1.54) is 0 Å². The Labute approximate surface area is 118 Å². The molecule has 0 bridgehead atoms. The van der Waals surface area contributed by atoms with Crippen LogP contribution in [0.25, 0.3) is 11.4 Å². The summed E-state index contributed by atoms with van der Waals surface area (Å²) in [5, 5.41) is 4.02. The molecule has 0 saturated heterocycles. The molecule has 0 unspecified atom stereocenters. The molecule has 0 amide bonds. The second kappa shape index (κ2) is 6.27. The molecular weight excluding hydrogens is 258 g/mol. The molecule has 0 N–H and O–H groups in total. The fraction of sp³-hybridized carbons (Fsp3) is 0.429. The lowest BCUT2D eigenvalue weighted by atomic mass is 10.2.